The summed E-state index contributed by atoms with van der Waals surface area (Å²) in [5.41, 5.74) is 2.70. The molecule has 0 aliphatic carbocycles. The second kappa shape index (κ2) is 4.85. The van der Waals surface area contributed by atoms with Gasteiger partial charge in [-0.25, -0.2) is 0 Å². The maximum absolute atomic E-state index is 12.0. The molecule has 0 aliphatic heterocycles. The number of nitrogens with zero attached hydrogens (tertiary/aromatic N) is 1. The van der Waals surface area contributed by atoms with E-state index in [1.165, 1.54) is 0 Å². The zero-order chi connectivity index (χ0) is 10.7. The van der Waals surface area contributed by atoms with Crippen molar-refractivity contribution in [3.63, 3.8) is 0 Å². The van der Waals surface area contributed by atoms with Crippen LogP contribution in [0.25, 0.3) is 0 Å². The molecule has 2 rings (SSSR count). The SMILES string of the molecule is O=C(c1ccccc1)C(I)[n+]1ccsc1. The van der Waals surface area contributed by atoms with E-state index >= 15 is 0 Å². The van der Waals surface area contributed by atoms with E-state index in [9.17, 15) is 4.79 Å². The van der Waals surface area contributed by atoms with E-state index in [2.05, 4.69) is 22.6 Å². The summed E-state index contributed by atoms with van der Waals surface area (Å²) in [5.74, 6) is 0.139. The van der Waals surface area contributed by atoms with E-state index in [0.717, 1.165) is 5.56 Å². The largest absolute Gasteiger partial charge is 0.286 e. The molecule has 0 aliphatic rings. The number of benzene rings is 1. The summed E-state index contributed by atoms with van der Waals surface area (Å²) in [6, 6.07) is 9.38. The van der Waals surface area contributed by atoms with Gasteiger partial charge in [0.25, 0.3) is 4.05 Å². The molecular formula is C11H9INOS+. The molecule has 0 fully saturated rings. The number of Topliss-reactive ketones (excluding diaryl/α,β-unsaturated/α-hetero) is 1. The lowest BCUT2D eigenvalue weighted by Gasteiger charge is -2.01. The first-order valence-corrected chi connectivity index (χ1v) is 6.64. The lowest BCUT2D eigenvalue weighted by Crippen LogP contribution is -2.37. The molecule has 1 aromatic carbocycles. The van der Waals surface area contributed by atoms with E-state index in [1.54, 1.807) is 11.3 Å². The predicted molar refractivity (Wildman–Crippen MR) is 68.3 cm³/mol. The average molecular weight is 330 g/mol. The Kier molecular flexibility index (Phi) is 3.48. The topological polar surface area (TPSA) is 20.9 Å². The zero-order valence-corrected chi connectivity index (χ0v) is 10.8. The van der Waals surface area contributed by atoms with Crippen LogP contribution in [0.15, 0.2) is 47.4 Å². The molecule has 0 spiro atoms. The van der Waals surface area contributed by atoms with E-state index in [0.29, 0.717) is 0 Å². The van der Waals surface area contributed by atoms with Crippen LogP contribution in [0.3, 0.4) is 0 Å². The molecular weight excluding hydrogens is 321 g/mol. The van der Waals surface area contributed by atoms with Crippen LogP contribution >= 0.6 is 33.9 Å². The third-order valence-corrected chi connectivity index (χ3v) is 3.88. The number of aromatic nitrogens is 1. The van der Waals surface area contributed by atoms with Crippen molar-refractivity contribution in [2.75, 3.05) is 0 Å². The molecule has 1 aromatic heterocycles. The quantitative estimate of drug-likeness (QED) is 0.367. The lowest BCUT2D eigenvalue weighted by molar-refractivity contribution is -0.675. The van der Waals surface area contributed by atoms with Crippen LogP contribution in [0, 0.1) is 0 Å². The van der Waals surface area contributed by atoms with E-state index in [1.807, 2.05) is 52.0 Å². The average Bonchev–Trinajstić information content (AvgIpc) is 2.82. The molecule has 0 amide bonds. The van der Waals surface area contributed by atoms with Gasteiger partial charge in [0.15, 0.2) is 6.20 Å². The number of halogens is 1. The minimum absolute atomic E-state index is 0.139. The summed E-state index contributed by atoms with van der Waals surface area (Å²) in [6.07, 6.45) is 1.92. The van der Waals surface area contributed by atoms with Crippen LogP contribution < -0.4 is 4.57 Å². The molecule has 76 valence electrons. The zero-order valence-electron chi connectivity index (χ0n) is 7.84. The van der Waals surface area contributed by atoms with Crippen molar-refractivity contribution in [1.82, 2.24) is 0 Å². The Bertz CT molecular complexity index is 441. The first-order valence-electron chi connectivity index (χ1n) is 4.45. The van der Waals surface area contributed by atoms with Gasteiger partial charge in [-0.1, -0.05) is 41.7 Å². The number of carbonyl (C=O) groups excluding carboxylic acids is 1. The van der Waals surface area contributed by atoms with Crippen LogP contribution in [-0.2, 0) is 0 Å². The molecule has 0 saturated heterocycles. The number of thiazole rings is 1. The van der Waals surface area contributed by atoms with Gasteiger partial charge < -0.3 is 0 Å². The molecule has 0 N–H and O–H groups in total. The predicted octanol–water partition coefficient (Wildman–Crippen LogP) is 2.85. The van der Waals surface area contributed by atoms with Gasteiger partial charge in [-0.3, -0.25) is 4.79 Å². The Morgan fingerprint density at radius 2 is 2.07 bits per heavy atom. The molecule has 2 aromatic rings. The van der Waals surface area contributed by atoms with E-state index in [4.69, 9.17) is 0 Å². The maximum Gasteiger partial charge on any atom is 0.270 e. The first-order chi connectivity index (χ1) is 7.29. The highest BCUT2D eigenvalue weighted by Crippen LogP contribution is 2.16. The van der Waals surface area contributed by atoms with Gasteiger partial charge in [-0.15, -0.1) is 0 Å². The van der Waals surface area contributed by atoms with Crippen LogP contribution in [0.5, 0.6) is 0 Å². The van der Waals surface area contributed by atoms with Crippen molar-refractivity contribution < 1.29 is 9.36 Å². The summed E-state index contributed by atoms with van der Waals surface area (Å²) in [6.45, 7) is 0. The maximum atomic E-state index is 12.0. The normalized spacial score (nSPS) is 12.3. The Hall–Kier alpha value is -0.750. The van der Waals surface area contributed by atoms with Crippen LogP contribution in [0.2, 0.25) is 0 Å². The Balaban J connectivity index is 2.23. The highest BCUT2D eigenvalue weighted by molar-refractivity contribution is 14.1. The third kappa shape index (κ3) is 2.43. The number of hydrogen-bond acceptors (Lipinski definition) is 2. The molecule has 1 heterocycles. The van der Waals surface area contributed by atoms with Gasteiger partial charge in [0.1, 0.15) is 0 Å². The monoisotopic (exact) mass is 330 g/mol. The van der Waals surface area contributed by atoms with E-state index < -0.39 is 0 Å². The Morgan fingerprint density at radius 1 is 1.33 bits per heavy atom. The van der Waals surface area contributed by atoms with E-state index in [-0.39, 0.29) is 9.83 Å². The molecule has 0 radical (unpaired) electrons. The van der Waals surface area contributed by atoms with Crippen molar-refractivity contribution in [3.8, 4) is 0 Å². The fourth-order valence-electron chi connectivity index (χ4n) is 1.25. The molecule has 15 heavy (non-hydrogen) atoms. The van der Waals surface area contributed by atoms with Gasteiger partial charge >= 0.3 is 0 Å². The number of carbonyl (C=O) groups is 1. The van der Waals surface area contributed by atoms with Crippen molar-refractivity contribution in [1.29, 1.82) is 0 Å². The minimum atomic E-state index is -0.156. The fraction of sp³-hybridized carbons (Fsp3) is 0.0909. The van der Waals surface area contributed by atoms with Gasteiger partial charge in [0.2, 0.25) is 11.3 Å². The second-order valence-electron chi connectivity index (χ2n) is 3.04. The molecule has 1 unspecified atom stereocenters. The molecule has 0 saturated carbocycles. The number of rotatable bonds is 3. The fourth-order valence-corrected chi connectivity index (χ4v) is 2.79. The second-order valence-corrected chi connectivity index (χ2v) is 4.97. The van der Waals surface area contributed by atoms with Crippen LogP contribution in [0.4, 0.5) is 0 Å². The molecule has 4 heteroatoms. The van der Waals surface area contributed by atoms with Crippen LogP contribution in [-0.4, -0.2) is 5.78 Å². The standard InChI is InChI=1S/C11H9INOS/c12-11(13-6-7-15-8-13)10(14)9-4-2-1-3-5-9/h1-8,11H/q+1. The van der Waals surface area contributed by atoms with Crippen molar-refractivity contribution >= 4 is 39.7 Å². The summed E-state index contributed by atoms with van der Waals surface area (Å²) >= 11 is 3.74. The molecule has 0 bridgehead atoms. The van der Waals surface area contributed by atoms with Gasteiger partial charge in [0, 0.05) is 28.2 Å². The number of hydrogen-bond donors (Lipinski definition) is 0. The summed E-state index contributed by atoms with van der Waals surface area (Å²) < 4.78 is 1.76. The van der Waals surface area contributed by atoms with Gasteiger partial charge in [-0.2, -0.15) is 4.57 Å². The number of alkyl halides is 1. The van der Waals surface area contributed by atoms with Gasteiger partial charge in [0.05, 0.1) is 5.38 Å². The van der Waals surface area contributed by atoms with Crippen molar-refractivity contribution in [2.24, 2.45) is 0 Å². The van der Waals surface area contributed by atoms with Gasteiger partial charge in [-0.05, 0) is 0 Å². The summed E-state index contributed by atoms with van der Waals surface area (Å²) in [7, 11) is 0. The number of ketones is 1. The van der Waals surface area contributed by atoms with Crippen molar-refractivity contribution in [3.05, 3.63) is 53.0 Å². The highest BCUT2D eigenvalue weighted by atomic mass is 127. The summed E-state index contributed by atoms with van der Waals surface area (Å²) in [4.78, 5) is 12.0. The third-order valence-electron chi connectivity index (χ3n) is 2.03. The Morgan fingerprint density at radius 3 is 2.67 bits per heavy atom. The van der Waals surface area contributed by atoms with Crippen molar-refractivity contribution in [2.45, 2.75) is 4.05 Å². The molecule has 2 nitrogen and oxygen atoms in total. The highest BCUT2D eigenvalue weighted by Gasteiger charge is 2.24. The molecule has 1 atom stereocenters. The summed E-state index contributed by atoms with van der Waals surface area (Å²) in [5, 5.41) is 1.96. The minimum Gasteiger partial charge on any atom is -0.286 e. The lowest BCUT2D eigenvalue weighted by atomic mass is 10.1. The van der Waals surface area contributed by atoms with Crippen LogP contribution in [0.1, 0.15) is 14.4 Å². The Labute approximate surface area is 106 Å². The smallest absolute Gasteiger partial charge is 0.270 e. The first kappa shape index (κ1) is 10.8.